The molecular formula is C23H24N2O4S. The Hall–Kier alpha value is -2.93. The predicted molar refractivity (Wildman–Crippen MR) is 116 cm³/mol. The second-order valence-electron chi connectivity index (χ2n) is 7.46. The number of ether oxygens (including phenoxy) is 2. The number of aryl methyl sites for hydroxylation is 1. The first kappa shape index (κ1) is 20.3. The zero-order valence-corrected chi connectivity index (χ0v) is 17.7. The van der Waals surface area contributed by atoms with Crippen LogP contribution in [0.2, 0.25) is 0 Å². The number of para-hydroxylation sites is 1. The van der Waals surface area contributed by atoms with Gasteiger partial charge in [-0.3, -0.25) is 4.79 Å². The highest BCUT2D eigenvalue weighted by Gasteiger charge is 2.27. The average Bonchev–Trinajstić information content (AvgIpc) is 3.20. The van der Waals surface area contributed by atoms with Crippen LogP contribution in [0.3, 0.4) is 0 Å². The summed E-state index contributed by atoms with van der Waals surface area (Å²) in [6.07, 6.45) is 3.89. The third-order valence-electron chi connectivity index (χ3n) is 5.51. The molecule has 3 aromatic rings. The first-order chi connectivity index (χ1) is 14.6. The van der Waals surface area contributed by atoms with Crippen molar-refractivity contribution >= 4 is 33.4 Å². The minimum Gasteiger partial charge on any atom is -0.462 e. The lowest BCUT2D eigenvalue weighted by Crippen LogP contribution is -2.42. The van der Waals surface area contributed by atoms with E-state index >= 15 is 0 Å². The number of benzene rings is 2. The Balaban J connectivity index is 1.25. The molecule has 1 aliphatic rings. The third kappa shape index (κ3) is 4.79. The standard InChI is InChI=1S/C23H24N2O4S/c1-28-22(27)21(26)25-14-12-17(13-15-25)7-6-16-8-10-18(11-9-16)29-23-24-19-4-2-3-5-20(19)30-23/h2-5,8-11,17H,6-7,12-15H2,1H3. The second kappa shape index (κ2) is 9.26. The van der Waals surface area contributed by atoms with Gasteiger partial charge in [-0.05, 0) is 61.4 Å². The Labute approximate surface area is 179 Å². The van der Waals surface area contributed by atoms with Crippen LogP contribution in [0, 0.1) is 5.92 Å². The number of nitrogens with zero attached hydrogens (tertiary/aromatic N) is 2. The lowest BCUT2D eigenvalue weighted by molar-refractivity contribution is -0.158. The van der Waals surface area contributed by atoms with Gasteiger partial charge in [0.15, 0.2) is 0 Å². The molecule has 0 spiro atoms. The highest BCUT2D eigenvalue weighted by Crippen LogP contribution is 2.31. The fourth-order valence-electron chi connectivity index (χ4n) is 3.73. The zero-order valence-electron chi connectivity index (χ0n) is 16.9. The molecule has 2 heterocycles. The van der Waals surface area contributed by atoms with Crippen molar-refractivity contribution in [2.45, 2.75) is 25.7 Å². The van der Waals surface area contributed by atoms with Crippen molar-refractivity contribution in [2.75, 3.05) is 20.2 Å². The minimum absolute atomic E-state index is 0.528. The summed E-state index contributed by atoms with van der Waals surface area (Å²) in [5, 5.41) is 0.650. The van der Waals surface area contributed by atoms with E-state index in [2.05, 4.69) is 21.9 Å². The van der Waals surface area contributed by atoms with Crippen LogP contribution >= 0.6 is 11.3 Å². The SMILES string of the molecule is COC(=O)C(=O)N1CCC(CCc2ccc(Oc3nc4ccccc4s3)cc2)CC1. The van der Waals surface area contributed by atoms with Crippen LogP contribution in [0.1, 0.15) is 24.8 Å². The largest absolute Gasteiger partial charge is 0.462 e. The van der Waals surface area contributed by atoms with Crippen molar-refractivity contribution in [3.63, 3.8) is 0 Å². The summed E-state index contributed by atoms with van der Waals surface area (Å²) in [5.74, 6) is 0.0408. The van der Waals surface area contributed by atoms with E-state index in [9.17, 15) is 9.59 Å². The number of hydrogen-bond acceptors (Lipinski definition) is 6. The molecule has 0 bridgehead atoms. The van der Waals surface area contributed by atoms with E-state index in [1.54, 1.807) is 16.2 Å². The van der Waals surface area contributed by atoms with E-state index in [4.69, 9.17) is 4.74 Å². The van der Waals surface area contributed by atoms with Crippen molar-refractivity contribution in [3.05, 3.63) is 54.1 Å². The van der Waals surface area contributed by atoms with Gasteiger partial charge in [-0.2, -0.15) is 0 Å². The summed E-state index contributed by atoms with van der Waals surface area (Å²) in [4.78, 5) is 29.3. The Bertz CT molecular complexity index is 990. The molecule has 6 nitrogen and oxygen atoms in total. The molecule has 0 radical (unpaired) electrons. The smallest absolute Gasteiger partial charge is 0.396 e. The molecule has 0 unspecified atom stereocenters. The van der Waals surface area contributed by atoms with Crippen molar-refractivity contribution in [3.8, 4) is 10.9 Å². The fraction of sp³-hybridized carbons (Fsp3) is 0.348. The molecule has 0 aliphatic carbocycles. The summed E-state index contributed by atoms with van der Waals surface area (Å²) in [5.41, 5.74) is 2.22. The number of carbonyl (C=O) groups excluding carboxylic acids is 2. The molecule has 4 rings (SSSR count). The number of aromatic nitrogens is 1. The maximum absolute atomic E-state index is 11.9. The van der Waals surface area contributed by atoms with Crippen molar-refractivity contribution in [2.24, 2.45) is 5.92 Å². The lowest BCUT2D eigenvalue weighted by Gasteiger charge is -2.31. The summed E-state index contributed by atoms with van der Waals surface area (Å²) in [6.45, 7) is 1.24. The van der Waals surface area contributed by atoms with Crippen molar-refractivity contribution in [1.82, 2.24) is 9.88 Å². The van der Waals surface area contributed by atoms with Gasteiger partial charge in [0.1, 0.15) is 5.75 Å². The van der Waals surface area contributed by atoms with Gasteiger partial charge in [0.25, 0.3) is 5.19 Å². The quantitative estimate of drug-likeness (QED) is 0.448. The maximum atomic E-state index is 11.9. The fourth-order valence-corrected chi connectivity index (χ4v) is 4.57. The first-order valence-electron chi connectivity index (χ1n) is 10.1. The van der Waals surface area contributed by atoms with Crippen LogP contribution in [0.4, 0.5) is 0 Å². The maximum Gasteiger partial charge on any atom is 0.396 e. The molecule has 0 atom stereocenters. The van der Waals surface area contributed by atoms with E-state index in [0.29, 0.717) is 24.2 Å². The predicted octanol–water partition coefficient (Wildman–Crippen LogP) is 4.43. The Morgan fingerprint density at radius 1 is 1.10 bits per heavy atom. The number of likely N-dealkylation sites (tertiary alicyclic amines) is 1. The number of esters is 1. The number of fused-ring (bicyclic) bond motifs is 1. The van der Waals surface area contributed by atoms with E-state index in [-0.39, 0.29) is 0 Å². The van der Waals surface area contributed by atoms with Gasteiger partial charge in [0, 0.05) is 13.1 Å². The van der Waals surface area contributed by atoms with Gasteiger partial charge in [-0.15, -0.1) is 0 Å². The molecule has 1 amide bonds. The Morgan fingerprint density at radius 3 is 2.53 bits per heavy atom. The minimum atomic E-state index is -0.776. The summed E-state index contributed by atoms with van der Waals surface area (Å²) in [6, 6.07) is 16.2. The van der Waals surface area contributed by atoms with Crippen molar-refractivity contribution in [1.29, 1.82) is 0 Å². The Morgan fingerprint density at radius 2 is 1.83 bits per heavy atom. The van der Waals surface area contributed by atoms with E-state index in [1.807, 2.05) is 36.4 Å². The molecule has 1 fully saturated rings. The summed E-state index contributed by atoms with van der Waals surface area (Å²) in [7, 11) is 1.24. The molecule has 0 N–H and O–H groups in total. The Kier molecular flexibility index (Phi) is 6.28. The molecule has 1 aliphatic heterocycles. The lowest BCUT2D eigenvalue weighted by atomic mass is 9.90. The molecule has 30 heavy (non-hydrogen) atoms. The second-order valence-corrected chi connectivity index (χ2v) is 8.45. The average molecular weight is 425 g/mol. The molecule has 156 valence electrons. The molecule has 0 saturated carbocycles. The highest BCUT2D eigenvalue weighted by atomic mass is 32.1. The third-order valence-corrected chi connectivity index (χ3v) is 6.42. The van der Waals surface area contributed by atoms with E-state index in [1.165, 1.54) is 12.7 Å². The topological polar surface area (TPSA) is 68.7 Å². The number of amides is 1. The van der Waals surface area contributed by atoms with Gasteiger partial charge in [0.05, 0.1) is 17.3 Å². The van der Waals surface area contributed by atoms with Gasteiger partial charge in [-0.25, -0.2) is 9.78 Å². The number of thiazole rings is 1. The molecular weight excluding hydrogens is 400 g/mol. The molecule has 7 heteroatoms. The van der Waals surface area contributed by atoms with Gasteiger partial charge >= 0.3 is 11.9 Å². The zero-order chi connectivity index (χ0) is 20.9. The number of piperidine rings is 1. The summed E-state index contributed by atoms with van der Waals surface area (Å²) < 4.78 is 11.5. The van der Waals surface area contributed by atoms with Crippen LogP contribution in [0.25, 0.3) is 10.2 Å². The summed E-state index contributed by atoms with van der Waals surface area (Å²) >= 11 is 1.54. The number of methoxy groups -OCH3 is 1. The van der Waals surface area contributed by atoms with E-state index < -0.39 is 11.9 Å². The van der Waals surface area contributed by atoms with Gasteiger partial charge in [0.2, 0.25) is 0 Å². The van der Waals surface area contributed by atoms with Gasteiger partial charge < -0.3 is 14.4 Å². The highest BCUT2D eigenvalue weighted by molar-refractivity contribution is 7.20. The van der Waals surface area contributed by atoms with Crippen molar-refractivity contribution < 1.29 is 19.1 Å². The van der Waals surface area contributed by atoms with Gasteiger partial charge in [-0.1, -0.05) is 35.6 Å². The first-order valence-corrected chi connectivity index (χ1v) is 10.9. The number of carbonyl (C=O) groups is 2. The van der Waals surface area contributed by atoms with Crippen LogP contribution in [0.15, 0.2) is 48.5 Å². The van der Waals surface area contributed by atoms with Crippen LogP contribution in [-0.4, -0.2) is 42.0 Å². The van der Waals surface area contributed by atoms with Crippen LogP contribution in [-0.2, 0) is 20.7 Å². The number of hydrogen-bond donors (Lipinski definition) is 0. The number of rotatable bonds is 5. The monoisotopic (exact) mass is 424 g/mol. The van der Waals surface area contributed by atoms with Crippen LogP contribution < -0.4 is 4.74 Å². The van der Waals surface area contributed by atoms with E-state index in [0.717, 1.165) is 41.6 Å². The normalized spacial score (nSPS) is 14.6. The molecule has 1 aromatic heterocycles. The molecule has 1 saturated heterocycles. The van der Waals surface area contributed by atoms with Crippen LogP contribution in [0.5, 0.6) is 10.9 Å². The molecule has 2 aromatic carbocycles.